The number of anilines is 2. The van der Waals surface area contributed by atoms with Crippen LogP contribution in [0.2, 0.25) is 0 Å². The van der Waals surface area contributed by atoms with Crippen molar-refractivity contribution in [3.8, 4) is 16.4 Å². The van der Waals surface area contributed by atoms with Gasteiger partial charge in [-0.05, 0) is 278 Å². The Morgan fingerprint density at radius 1 is 0.575 bits per heavy atom. The maximum absolute atomic E-state index is 13.1. The van der Waals surface area contributed by atoms with Crippen molar-refractivity contribution < 1.29 is 111 Å². The summed E-state index contributed by atoms with van der Waals surface area (Å²) in [6.07, 6.45) is -8.85. The van der Waals surface area contributed by atoms with Crippen molar-refractivity contribution in [1.82, 2.24) is 0 Å². The number of hydrogen-bond acceptors (Lipinski definition) is 17. The molecular weight excluding hydrogens is 1990 g/mol. The van der Waals surface area contributed by atoms with E-state index in [9.17, 15) is 81.1 Å². The van der Waals surface area contributed by atoms with E-state index in [0.717, 1.165) is 57.4 Å². The quantitative estimate of drug-likeness (QED) is 0.00987. The van der Waals surface area contributed by atoms with E-state index in [4.69, 9.17) is 14.6 Å². The summed E-state index contributed by atoms with van der Waals surface area (Å²) in [4.78, 5) is 73.0. The highest BCUT2D eigenvalue weighted by molar-refractivity contribution is 14.1. The lowest BCUT2D eigenvalue weighted by Crippen LogP contribution is -2.40. The van der Waals surface area contributed by atoms with Crippen molar-refractivity contribution >= 4 is 194 Å². The van der Waals surface area contributed by atoms with Gasteiger partial charge in [0.25, 0.3) is 0 Å². The molecule has 1 aromatic heterocycles. The smallest absolute Gasteiger partial charge is 0.426 e. The Balaban J connectivity index is 0.000000297. The highest BCUT2D eigenvalue weighted by atomic mass is 127. The number of nitrogens with one attached hydrogen (secondary N) is 2. The van der Waals surface area contributed by atoms with E-state index in [1.54, 1.807) is 117 Å². The lowest BCUT2D eigenvalue weighted by Gasteiger charge is -2.29. The highest BCUT2D eigenvalue weighted by Gasteiger charge is 2.46. The summed E-state index contributed by atoms with van der Waals surface area (Å²) in [6, 6.07) is 47.8. The average Bonchev–Trinajstić information content (AvgIpc) is 1.65. The molecule has 1 aliphatic rings. The summed E-state index contributed by atoms with van der Waals surface area (Å²) in [7, 11) is -10.6. The Hall–Kier alpha value is -6.34. The van der Waals surface area contributed by atoms with Crippen LogP contribution in [-0.2, 0) is 53.6 Å². The first-order valence-electron chi connectivity index (χ1n) is 35.5. The number of carbonyl (C=O) groups is 6. The van der Waals surface area contributed by atoms with E-state index in [2.05, 4.69) is 164 Å². The van der Waals surface area contributed by atoms with Crippen LogP contribution in [0.15, 0.2) is 146 Å². The van der Waals surface area contributed by atoms with E-state index >= 15 is 0 Å². The van der Waals surface area contributed by atoms with Crippen molar-refractivity contribution in [2.45, 2.75) is 183 Å². The molecule has 7 aromatic carbocycles. The average molecular weight is 2090 g/mol. The molecule has 20 nitrogen and oxygen atoms in total. The van der Waals surface area contributed by atoms with Crippen molar-refractivity contribution in [1.29, 1.82) is 0 Å². The van der Waals surface area contributed by atoms with E-state index in [0.29, 0.717) is 27.6 Å². The molecule has 1 heterocycles. The van der Waals surface area contributed by atoms with Crippen LogP contribution in [0.5, 0.6) is 11.5 Å². The number of phenols is 1. The molecule has 6 N–H and O–H groups in total. The molecule has 1 aliphatic carbocycles. The lowest BCUT2D eigenvalue weighted by molar-refractivity contribution is -0.254. The number of benzene rings is 7. The fourth-order valence-electron chi connectivity index (χ4n) is 10.2. The highest BCUT2D eigenvalue weighted by Crippen LogP contribution is 2.48. The zero-order valence-electron chi connectivity index (χ0n) is 64.4. The number of amides is 2. The van der Waals surface area contributed by atoms with Crippen molar-refractivity contribution in [2.24, 2.45) is 10.8 Å². The third kappa shape index (κ3) is 31.2. The monoisotopic (exact) mass is 2090 g/mol. The molecule has 8 aromatic rings. The number of carbonyl (C=O) groups excluding carboxylic acids is 6. The van der Waals surface area contributed by atoms with Crippen LogP contribution in [0, 0.1) is 25.1 Å². The summed E-state index contributed by atoms with van der Waals surface area (Å²) in [5.74, 6) is -7.32. The molecule has 0 aliphatic heterocycles. The minimum Gasteiger partial charge on any atom is -0.748 e. The van der Waals surface area contributed by atoms with Crippen LogP contribution in [-0.4, -0.2) is 108 Å². The fraction of sp³-hybridized carbons (Fsp3) is 0.400. The van der Waals surface area contributed by atoms with E-state index < -0.39 is 103 Å². The number of alkyl halides is 6. The number of ether oxygens (including phenoxy) is 4. The second kappa shape index (κ2) is 43.7. The Kier molecular flexibility index (Phi) is 38.3. The molecule has 2 amide bonds. The fourth-order valence-corrected chi connectivity index (χ4v) is 18.4. The topological polar surface area (TPSA) is 326 Å². The van der Waals surface area contributed by atoms with Gasteiger partial charge in [0.15, 0.2) is 14.3 Å². The van der Waals surface area contributed by atoms with Crippen LogP contribution in [0.4, 0.5) is 43.4 Å². The molecule has 1 fully saturated rings. The summed E-state index contributed by atoms with van der Waals surface area (Å²) in [5, 5.41) is 16.8. The third-order valence-corrected chi connectivity index (χ3v) is 25.9. The minimum atomic E-state index is -5.38. The lowest BCUT2D eigenvalue weighted by atomic mass is 9.90. The van der Waals surface area contributed by atoms with Gasteiger partial charge in [0, 0.05) is 35.1 Å². The number of fused-ring (bicyclic) bond motifs is 3. The minimum absolute atomic E-state index is 0.0124. The SMILES string of the molecule is CC(=O)Nc1c(I)c(NC(C)=O)c(I)c(C(=O)OC(CS(=O)(=O)[O-])C(F)(F)F)c1I.CCC(C)(C)C(=O)OC1(C)CCCC1.CCC(C)(C)C(=O)Oc1cc(C(=O)OC(CS(=O)(=O)[O-])C(F)(F)F)ccc1I.CCC(C)c1ccc([NH3+])cc1.CCC(C)c1cccc(O)c1.c1ccc(-[s+]2c3ccccc3c3ccccc32)cc1. The number of aromatic hydroxyl groups is 1. The molecule has 618 valence electrons. The largest absolute Gasteiger partial charge is 0.748 e. The first kappa shape index (κ1) is 99.0. The van der Waals surface area contributed by atoms with Gasteiger partial charge in [0.1, 0.15) is 22.8 Å². The van der Waals surface area contributed by atoms with Gasteiger partial charge in [0.05, 0.1) is 79.4 Å². The molecule has 0 bridgehead atoms. The molecule has 4 atom stereocenters. The molecule has 9 rings (SSSR count). The number of phenolic OH excluding ortho intramolecular Hbond substituents is 1. The van der Waals surface area contributed by atoms with Crippen LogP contribution < -0.4 is 21.1 Å². The normalized spacial score (nSPS) is 13.8. The van der Waals surface area contributed by atoms with Gasteiger partial charge in [-0.15, -0.1) is 0 Å². The van der Waals surface area contributed by atoms with E-state index in [1.165, 1.54) is 61.5 Å². The van der Waals surface area contributed by atoms with Crippen molar-refractivity contribution in [2.75, 3.05) is 22.1 Å². The third-order valence-electron chi connectivity index (χ3n) is 18.0. The molecule has 0 saturated heterocycles. The first-order chi connectivity index (χ1) is 52.3. The van der Waals surface area contributed by atoms with E-state index in [1.807, 2.05) is 39.0 Å². The maximum Gasteiger partial charge on any atom is 0.426 e. The van der Waals surface area contributed by atoms with Gasteiger partial charge in [-0.3, -0.25) is 19.2 Å². The predicted octanol–water partition coefficient (Wildman–Crippen LogP) is 20.3. The Bertz CT molecular complexity index is 4740. The number of esters is 4. The summed E-state index contributed by atoms with van der Waals surface area (Å²) in [6.45, 7) is 24.1. The number of quaternary nitrogens is 1. The van der Waals surface area contributed by atoms with Crippen LogP contribution in [0.25, 0.3) is 25.1 Å². The number of hydrogen-bond donors (Lipinski definition) is 4. The van der Waals surface area contributed by atoms with Crippen LogP contribution in [0.3, 0.4) is 0 Å². The van der Waals surface area contributed by atoms with Gasteiger partial charge >= 0.3 is 36.2 Å². The summed E-state index contributed by atoms with van der Waals surface area (Å²) in [5.41, 5.74) is 5.43. The Morgan fingerprint density at radius 2 is 1.01 bits per heavy atom. The maximum atomic E-state index is 13.1. The zero-order chi connectivity index (χ0) is 85.5. The molecular formula is C80H93F6I4N3O17S3. The number of rotatable bonds is 21. The second-order valence-corrected chi connectivity index (χ2v) is 37.1. The van der Waals surface area contributed by atoms with E-state index in [-0.39, 0.29) is 55.3 Å². The summed E-state index contributed by atoms with van der Waals surface area (Å²) >= 11 is 6.74. The van der Waals surface area contributed by atoms with Crippen LogP contribution in [0.1, 0.15) is 185 Å². The molecule has 113 heavy (non-hydrogen) atoms. The van der Waals surface area contributed by atoms with Gasteiger partial charge in [-0.25, -0.2) is 26.4 Å². The number of halogens is 10. The van der Waals surface area contributed by atoms with Gasteiger partial charge in [-0.2, -0.15) is 26.3 Å². The molecule has 1 saturated carbocycles. The van der Waals surface area contributed by atoms with Gasteiger partial charge in [0.2, 0.25) is 24.0 Å². The van der Waals surface area contributed by atoms with Crippen molar-refractivity contribution in [3.63, 3.8) is 0 Å². The van der Waals surface area contributed by atoms with Crippen LogP contribution >= 0.6 is 101 Å². The Labute approximate surface area is 713 Å². The summed E-state index contributed by atoms with van der Waals surface area (Å²) < 4.78 is 165. The Morgan fingerprint density at radius 3 is 1.43 bits per heavy atom. The molecule has 0 spiro atoms. The molecule has 0 radical (unpaired) electrons. The molecule has 33 heteroatoms. The number of thiophene rings is 1. The standard InChI is InChI=1S/C18H13S.C16H18F3IO7S.C14H12F3I3N2O7S.C12H22O2.C10H15N.C10H14O/c1-2-8-14(9-3-1)19-17-12-6-4-10-15(17)16-11-5-7-13-18(16)19;1-4-15(2,3)14(22)26-11-7-9(5-6-10(11)20)13(21)27-12(16(17,18)19)8-28(23,24)25;1-4(23)21-11-8(18)7(9(19)12(10(11)20)22-5(2)24)13(25)29-6(14(15,16)17)3-30(26,27)28;1-5-11(2,3)10(13)14-12(4)8-6-7-9-12;1-3-8(2)9-4-6-10(11)7-5-9;1-3-8(2)9-5-4-6-10(11)7-9/h1-13H;5-7,12H,4,8H2,1-3H3,(H,23,24,25);6H,3H2,1-2H3,(H,21,23)(H,22,24)(H,26,27,28);5-9H2,1-4H3;4-8H,3,11H2,1-2H3;4-8,11H,3H2,1-2H3/q+1;;;;;/p-1. The predicted molar refractivity (Wildman–Crippen MR) is 459 cm³/mol. The zero-order valence-corrected chi connectivity index (χ0v) is 75.5. The van der Waals surface area contributed by atoms with Gasteiger partial charge in [-0.1, -0.05) is 108 Å². The molecule has 4 unspecified atom stereocenters. The van der Waals surface area contributed by atoms with Crippen molar-refractivity contribution in [3.05, 3.63) is 182 Å². The van der Waals surface area contributed by atoms with Gasteiger partial charge < -0.3 is 49.5 Å². The second-order valence-electron chi connectivity index (χ2n) is 27.9. The first-order valence-corrected chi connectivity index (χ1v) is 44.2.